The molecule has 6 aromatic rings. The molecule has 0 spiro atoms. The van der Waals surface area contributed by atoms with Crippen LogP contribution in [0.1, 0.15) is 17.4 Å². The Bertz CT molecular complexity index is 1910. The number of carbonyl (C=O) groups excluding carboxylic acids is 1. The summed E-state index contributed by atoms with van der Waals surface area (Å²) in [4.78, 5) is 39.0. The maximum absolute atomic E-state index is 12.7. The van der Waals surface area contributed by atoms with Gasteiger partial charge in [0.15, 0.2) is 5.13 Å². The first kappa shape index (κ1) is 25.3. The Morgan fingerprint density at radius 1 is 1.00 bits per heavy atom. The number of aromatic amines is 1. The standard InChI is InChI=1S/C31H25N5O3S/c1-3-39-30(38)28-29(37)33-23-16-25(27(17-24(23)32-28)36(2)20-12-5-4-6-13-20)34-31-35-26(18-40-31)22-15-9-11-19-10-7-8-14-21(19)22/h4-18H,3H2,1-2H3,(H,33,37)(H,34,35). The Labute approximate surface area is 233 Å². The first-order valence-electron chi connectivity index (χ1n) is 12.8. The number of thiazole rings is 1. The van der Waals surface area contributed by atoms with Crippen molar-refractivity contribution in [1.29, 1.82) is 0 Å². The highest BCUT2D eigenvalue weighted by molar-refractivity contribution is 7.14. The molecule has 198 valence electrons. The lowest BCUT2D eigenvalue weighted by molar-refractivity contribution is 0.0517. The van der Waals surface area contributed by atoms with Gasteiger partial charge in [0.2, 0.25) is 5.69 Å². The van der Waals surface area contributed by atoms with Crippen LogP contribution in [0.15, 0.2) is 95.1 Å². The summed E-state index contributed by atoms with van der Waals surface area (Å²) in [5, 5.41) is 8.47. The summed E-state index contributed by atoms with van der Waals surface area (Å²) >= 11 is 1.49. The predicted molar refractivity (Wildman–Crippen MR) is 161 cm³/mol. The number of carbonyl (C=O) groups is 1. The molecule has 0 aliphatic heterocycles. The van der Waals surface area contributed by atoms with Crippen LogP contribution in [0.4, 0.5) is 22.2 Å². The van der Waals surface area contributed by atoms with Gasteiger partial charge >= 0.3 is 5.97 Å². The number of ether oxygens (including phenoxy) is 1. The topological polar surface area (TPSA) is 100 Å². The van der Waals surface area contributed by atoms with E-state index >= 15 is 0 Å². The van der Waals surface area contributed by atoms with E-state index in [1.807, 2.05) is 78.0 Å². The van der Waals surface area contributed by atoms with Gasteiger partial charge < -0.3 is 19.9 Å². The SMILES string of the molecule is CCOC(=O)c1nc2cc(N(C)c3ccccc3)c(Nc3nc(-c4cccc5ccccc45)cs3)cc2[nH]c1=O. The van der Waals surface area contributed by atoms with Crippen LogP contribution in [0.3, 0.4) is 0 Å². The Hall–Kier alpha value is -5.02. The molecule has 0 amide bonds. The molecule has 6 rings (SSSR count). The maximum Gasteiger partial charge on any atom is 0.362 e. The zero-order valence-electron chi connectivity index (χ0n) is 21.8. The van der Waals surface area contributed by atoms with Crippen molar-refractivity contribution >= 4 is 61.3 Å². The average Bonchev–Trinajstić information content (AvgIpc) is 3.44. The first-order chi connectivity index (χ1) is 19.5. The maximum atomic E-state index is 12.7. The highest BCUT2D eigenvalue weighted by atomic mass is 32.1. The fraction of sp³-hybridized carbons (Fsp3) is 0.0968. The number of esters is 1. The third-order valence-electron chi connectivity index (χ3n) is 6.59. The second-order valence-electron chi connectivity index (χ2n) is 9.11. The molecule has 0 unspecified atom stereocenters. The average molecular weight is 548 g/mol. The number of fused-ring (bicyclic) bond motifs is 2. The summed E-state index contributed by atoms with van der Waals surface area (Å²) in [7, 11) is 1.95. The number of nitrogens with zero attached hydrogens (tertiary/aromatic N) is 3. The summed E-state index contributed by atoms with van der Waals surface area (Å²) in [5.41, 5.74) is 4.46. The number of nitrogens with one attached hydrogen (secondary N) is 2. The largest absolute Gasteiger partial charge is 0.461 e. The molecule has 9 heteroatoms. The number of H-pyrrole nitrogens is 1. The molecule has 0 saturated carbocycles. The quantitative estimate of drug-likeness (QED) is 0.210. The summed E-state index contributed by atoms with van der Waals surface area (Å²) in [6.07, 6.45) is 0. The molecule has 2 N–H and O–H groups in total. The van der Waals surface area contributed by atoms with E-state index in [2.05, 4.69) is 39.6 Å². The number of hydrogen-bond acceptors (Lipinski definition) is 8. The van der Waals surface area contributed by atoms with Crippen molar-refractivity contribution in [3.05, 3.63) is 106 Å². The van der Waals surface area contributed by atoms with Crippen LogP contribution in [0, 0.1) is 0 Å². The predicted octanol–water partition coefficient (Wildman–Crippen LogP) is 6.89. The van der Waals surface area contributed by atoms with E-state index < -0.39 is 11.5 Å². The van der Waals surface area contributed by atoms with Crippen LogP contribution < -0.4 is 15.8 Å². The van der Waals surface area contributed by atoms with Crippen molar-refractivity contribution in [1.82, 2.24) is 15.0 Å². The van der Waals surface area contributed by atoms with Crippen LogP contribution in [0.5, 0.6) is 0 Å². The third-order valence-corrected chi connectivity index (χ3v) is 7.35. The van der Waals surface area contributed by atoms with E-state index in [1.165, 1.54) is 11.3 Å². The van der Waals surface area contributed by atoms with Crippen molar-refractivity contribution < 1.29 is 9.53 Å². The van der Waals surface area contributed by atoms with Gasteiger partial charge in [-0.1, -0.05) is 60.7 Å². The van der Waals surface area contributed by atoms with Gasteiger partial charge in [-0.15, -0.1) is 11.3 Å². The molecular weight excluding hydrogens is 522 g/mol. The summed E-state index contributed by atoms with van der Waals surface area (Å²) < 4.78 is 5.02. The molecule has 4 aromatic carbocycles. The Balaban J connectivity index is 1.44. The van der Waals surface area contributed by atoms with Gasteiger partial charge in [-0.25, -0.2) is 14.8 Å². The zero-order chi connectivity index (χ0) is 27.6. The minimum atomic E-state index is -0.755. The molecule has 0 aliphatic carbocycles. The molecule has 0 bridgehead atoms. The molecule has 8 nitrogen and oxygen atoms in total. The fourth-order valence-electron chi connectivity index (χ4n) is 4.65. The van der Waals surface area contributed by atoms with Crippen molar-refractivity contribution in [2.45, 2.75) is 6.92 Å². The van der Waals surface area contributed by atoms with Gasteiger partial charge in [-0.3, -0.25) is 4.79 Å². The monoisotopic (exact) mass is 547 g/mol. The Kier molecular flexibility index (Phi) is 6.71. The van der Waals surface area contributed by atoms with Crippen molar-refractivity contribution in [2.24, 2.45) is 0 Å². The Morgan fingerprint density at radius 2 is 1.77 bits per heavy atom. The highest BCUT2D eigenvalue weighted by Gasteiger charge is 2.19. The van der Waals surface area contributed by atoms with Crippen LogP contribution in [-0.2, 0) is 4.74 Å². The minimum Gasteiger partial charge on any atom is -0.461 e. The van der Waals surface area contributed by atoms with Gasteiger partial charge in [-0.2, -0.15) is 0 Å². The van der Waals surface area contributed by atoms with Crippen LogP contribution >= 0.6 is 11.3 Å². The molecule has 40 heavy (non-hydrogen) atoms. The zero-order valence-corrected chi connectivity index (χ0v) is 22.7. The second-order valence-corrected chi connectivity index (χ2v) is 9.96. The highest BCUT2D eigenvalue weighted by Crippen LogP contribution is 2.37. The van der Waals surface area contributed by atoms with Gasteiger partial charge in [-0.05, 0) is 42.0 Å². The molecule has 2 heterocycles. The number of para-hydroxylation sites is 1. The molecular formula is C31H25N5O3S. The number of benzene rings is 4. The fourth-order valence-corrected chi connectivity index (χ4v) is 5.37. The smallest absolute Gasteiger partial charge is 0.362 e. The van der Waals surface area contributed by atoms with Crippen LogP contribution in [0.2, 0.25) is 0 Å². The van der Waals surface area contributed by atoms with E-state index in [-0.39, 0.29) is 12.3 Å². The molecule has 2 aromatic heterocycles. The van der Waals surface area contributed by atoms with Gasteiger partial charge in [0, 0.05) is 23.7 Å². The summed E-state index contributed by atoms with van der Waals surface area (Å²) in [5.74, 6) is -0.755. The second kappa shape index (κ2) is 10.6. The number of aromatic nitrogens is 3. The Morgan fingerprint density at radius 3 is 2.60 bits per heavy atom. The summed E-state index contributed by atoms with van der Waals surface area (Å²) in [6, 6.07) is 28.0. The van der Waals surface area contributed by atoms with Crippen molar-refractivity contribution in [3.8, 4) is 11.3 Å². The van der Waals surface area contributed by atoms with Gasteiger partial charge in [0.05, 0.1) is 34.7 Å². The number of rotatable bonds is 7. The molecule has 0 atom stereocenters. The molecule has 0 fully saturated rings. The van der Waals surface area contributed by atoms with Crippen molar-refractivity contribution in [2.75, 3.05) is 23.9 Å². The molecule has 0 radical (unpaired) electrons. The lowest BCUT2D eigenvalue weighted by Gasteiger charge is -2.23. The van der Waals surface area contributed by atoms with E-state index in [1.54, 1.807) is 6.92 Å². The first-order valence-corrected chi connectivity index (χ1v) is 13.6. The molecule has 0 saturated heterocycles. The van der Waals surface area contributed by atoms with E-state index in [4.69, 9.17) is 9.72 Å². The lowest BCUT2D eigenvalue weighted by Crippen LogP contribution is -2.22. The van der Waals surface area contributed by atoms with E-state index in [9.17, 15) is 9.59 Å². The normalized spacial score (nSPS) is 11.1. The van der Waals surface area contributed by atoms with Crippen LogP contribution in [0.25, 0.3) is 33.1 Å². The van der Waals surface area contributed by atoms with Crippen LogP contribution in [-0.4, -0.2) is 34.6 Å². The molecule has 0 aliphatic rings. The summed E-state index contributed by atoms with van der Waals surface area (Å²) in [6.45, 7) is 1.83. The number of hydrogen-bond donors (Lipinski definition) is 2. The van der Waals surface area contributed by atoms with Gasteiger partial charge in [0.25, 0.3) is 5.56 Å². The number of anilines is 4. The van der Waals surface area contributed by atoms with Crippen molar-refractivity contribution in [3.63, 3.8) is 0 Å². The lowest BCUT2D eigenvalue weighted by atomic mass is 10.0. The third kappa shape index (κ3) is 4.78. The van der Waals surface area contributed by atoms with Gasteiger partial charge in [0.1, 0.15) is 0 Å². The van der Waals surface area contributed by atoms with E-state index in [0.717, 1.165) is 39.1 Å². The van der Waals surface area contributed by atoms with E-state index in [0.29, 0.717) is 16.2 Å². The minimum absolute atomic E-state index is 0.150.